The predicted molar refractivity (Wildman–Crippen MR) is 109 cm³/mol. The maximum atomic E-state index is 13.1. The lowest BCUT2D eigenvalue weighted by atomic mass is 10.1. The number of nitrogens with one attached hydrogen (secondary N) is 2. The smallest absolute Gasteiger partial charge is 0.353 e. The SMILES string of the molecule is N#Cc1cnc(NCCN2CCSCC2)nc1-c1c[nH]c2ncc(C(F)(F)F)cc12. The van der Waals surface area contributed by atoms with Crippen molar-refractivity contribution in [3.05, 3.63) is 35.8 Å². The molecule has 3 aromatic rings. The summed E-state index contributed by atoms with van der Waals surface area (Å²) in [5, 5.41) is 12.8. The molecule has 0 amide bonds. The molecule has 3 aromatic heterocycles. The van der Waals surface area contributed by atoms with E-state index in [9.17, 15) is 18.4 Å². The van der Waals surface area contributed by atoms with Crippen LogP contribution in [0.4, 0.5) is 19.1 Å². The van der Waals surface area contributed by atoms with Gasteiger partial charge in [0, 0.05) is 61.0 Å². The molecule has 156 valence electrons. The van der Waals surface area contributed by atoms with E-state index in [0.717, 1.165) is 43.4 Å². The lowest BCUT2D eigenvalue weighted by Crippen LogP contribution is -2.36. The van der Waals surface area contributed by atoms with E-state index in [-0.39, 0.29) is 22.3 Å². The zero-order chi connectivity index (χ0) is 21.1. The molecule has 2 N–H and O–H groups in total. The highest BCUT2D eigenvalue weighted by Gasteiger charge is 2.31. The standard InChI is InChI=1S/C19H18F3N7S/c20-19(21,22)13-7-14-15(11-26-17(14)25-10-13)16-12(8-23)9-27-18(28-16)24-1-2-29-3-5-30-6-4-29/h7,9-11H,1-6H2,(H,25,26)(H,24,27,28). The molecule has 4 rings (SSSR count). The first kappa shape index (κ1) is 20.4. The largest absolute Gasteiger partial charge is 0.417 e. The maximum Gasteiger partial charge on any atom is 0.417 e. The Kier molecular flexibility index (Phi) is 5.78. The lowest BCUT2D eigenvalue weighted by Gasteiger charge is -2.26. The number of rotatable bonds is 5. The summed E-state index contributed by atoms with van der Waals surface area (Å²) >= 11 is 1.94. The molecule has 11 heteroatoms. The summed E-state index contributed by atoms with van der Waals surface area (Å²) in [6.45, 7) is 3.54. The number of pyridine rings is 1. The van der Waals surface area contributed by atoms with Gasteiger partial charge in [0.15, 0.2) is 0 Å². The maximum absolute atomic E-state index is 13.1. The molecule has 0 atom stereocenters. The van der Waals surface area contributed by atoms with Gasteiger partial charge >= 0.3 is 6.18 Å². The van der Waals surface area contributed by atoms with Crippen LogP contribution in [0, 0.1) is 11.3 Å². The summed E-state index contributed by atoms with van der Waals surface area (Å²) < 4.78 is 39.3. The number of alkyl halides is 3. The first-order valence-corrected chi connectivity index (χ1v) is 10.5. The van der Waals surface area contributed by atoms with E-state index in [1.807, 2.05) is 17.8 Å². The minimum atomic E-state index is -4.51. The quantitative estimate of drug-likeness (QED) is 0.637. The number of thioether (sulfide) groups is 1. The van der Waals surface area contributed by atoms with Crippen molar-refractivity contribution in [2.45, 2.75) is 6.18 Å². The van der Waals surface area contributed by atoms with Gasteiger partial charge in [-0.15, -0.1) is 0 Å². The Bertz CT molecular complexity index is 1080. The molecule has 0 saturated carbocycles. The highest BCUT2D eigenvalue weighted by molar-refractivity contribution is 7.99. The number of aromatic nitrogens is 4. The average Bonchev–Trinajstić information content (AvgIpc) is 3.17. The van der Waals surface area contributed by atoms with Gasteiger partial charge in [-0.2, -0.15) is 30.2 Å². The monoisotopic (exact) mass is 433 g/mol. The van der Waals surface area contributed by atoms with Crippen molar-refractivity contribution in [3.8, 4) is 17.3 Å². The Morgan fingerprint density at radius 3 is 2.77 bits per heavy atom. The zero-order valence-corrected chi connectivity index (χ0v) is 16.6. The van der Waals surface area contributed by atoms with Crippen LogP contribution in [0.25, 0.3) is 22.3 Å². The number of halogens is 3. The van der Waals surface area contributed by atoms with Crippen LogP contribution in [0.5, 0.6) is 0 Å². The van der Waals surface area contributed by atoms with Gasteiger partial charge in [-0.05, 0) is 6.07 Å². The van der Waals surface area contributed by atoms with Crippen molar-refractivity contribution in [2.24, 2.45) is 0 Å². The fraction of sp³-hybridized carbons (Fsp3) is 0.368. The fourth-order valence-corrected chi connectivity index (χ4v) is 4.24. The Balaban J connectivity index is 1.61. The van der Waals surface area contributed by atoms with Crippen LogP contribution in [0.15, 0.2) is 24.7 Å². The van der Waals surface area contributed by atoms with Crippen molar-refractivity contribution in [1.29, 1.82) is 5.26 Å². The Hall–Kier alpha value is -2.84. The van der Waals surface area contributed by atoms with E-state index in [1.165, 1.54) is 12.4 Å². The molecule has 1 fully saturated rings. The molecule has 1 aliphatic heterocycles. The highest BCUT2D eigenvalue weighted by atomic mass is 32.2. The number of hydrogen-bond acceptors (Lipinski definition) is 7. The lowest BCUT2D eigenvalue weighted by molar-refractivity contribution is -0.137. The van der Waals surface area contributed by atoms with E-state index in [2.05, 4.69) is 30.2 Å². The van der Waals surface area contributed by atoms with E-state index in [4.69, 9.17) is 0 Å². The van der Waals surface area contributed by atoms with E-state index in [1.54, 1.807) is 0 Å². The van der Waals surface area contributed by atoms with Gasteiger partial charge in [0.05, 0.1) is 23.0 Å². The van der Waals surface area contributed by atoms with Gasteiger partial charge in [0.1, 0.15) is 11.7 Å². The van der Waals surface area contributed by atoms with Gasteiger partial charge in [0.25, 0.3) is 0 Å². The minimum Gasteiger partial charge on any atom is -0.353 e. The number of H-pyrrole nitrogens is 1. The van der Waals surface area contributed by atoms with Crippen molar-refractivity contribution in [1.82, 2.24) is 24.8 Å². The third-order valence-corrected chi connectivity index (χ3v) is 5.78. The second-order valence-corrected chi connectivity index (χ2v) is 7.99. The highest BCUT2D eigenvalue weighted by Crippen LogP contribution is 2.34. The third-order valence-electron chi connectivity index (χ3n) is 4.84. The molecule has 7 nitrogen and oxygen atoms in total. The average molecular weight is 433 g/mol. The van der Waals surface area contributed by atoms with E-state index < -0.39 is 11.7 Å². The van der Waals surface area contributed by atoms with Crippen LogP contribution in [0.3, 0.4) is 0 Å². The summed E-state index contributed by atoms with van der Waals surface area (Å²) in [5.74, 6) is 2.56. The van der Waals surface area contributed by atoms with Crippen LogP contribution in [0.2, 0.25) is 0 Å². The normalized spacial score (nSPS) is 15.3. The Labute approximate surface area is 174 Å². The number of anilines is 1. The van der Waals surface area contributed by atoms with Gasteiger partial charge in [-0.3, -0.25) is 4.90 Å². The summed E-state index contributed by atoms with van der Waals surface area (Å²) in [4.78, 5) is 17.6. The number of fused-ring (bicyclic) bond motifs is 1. The molecule has 0 unspecified atom stereocenters. The Morgan fingerprint density at radius 1 is 1.23 bits per heavy atom. The summed E-state index contributed by atoms with van der Waals surface area (Å²) in [6.07, 6.45) is -0.850. The van der Waals surface area contributed by atoms with Gasteiger partial charge in [-0.1, -0.05) is 0 Å². The predicted octanol–water partition coefficient (Wildman–Crippen LogP) is 3.37. The molecular formula is C19H18F3N7S. The molecule has 0 aliphatic carbocycles. The number of nitriles is 1. The fourth-order valence-electron chi connectivity index (χ4n) is 3.26. The number of hydrogen-bond donors (Lipinski definition) is 2. The van der Waals surface area contributed by atoms with Gasteiger partial charge < -0.3 is 10.3 Å². The topological polar surface area (TPSA) is 93.5 Å². The summed E-state index contributed by atoms with van der Waals surface area (Å²) in [7, 11) is 0. The molecule has 1 saturated heterocycles. The third kappa shape index (κ3) is 4.34. The first-order chi connectivity index (χ1) is 14.5. The summed E-state index contributed by atoms with van der Waals surface area (Å²) in [5.41, 5.74) is 0.238. The molecule has 0 bridgehead atoms. The van der Waals surface area contributed by atoms with Gasteiger partial charge in [-0.25, -0.2) is 15.0 Å². The second-order valence-electron chi connectivity index (χ2n) is 6.77. The van der Waals surface area contributed by atoms with E-state index >= 15 is 0 Å². The van der Waals surface area contributed by atoms with Gasteiger partial charge in [0.2, 0.25) is 5.95 Å². The van der Waals surface area contributed by atoms with Crippen LogP contribution in [0.1, 0.15) is 11.1 Å². The molecule has 0 radical (unpaired) electrons. The molecule has 4 heterocycles. The first-order valence-electron chi connectivity index (χ1n) is 9.31. The van der Waals surface area contributed by atoms with Crippen LogP contribution in [-0.2, 0) is 6.18 Å². The minimum absolute atomic E-state index is 0.173. The van der Waals surface area contributed by atoms with Crippen molar-refractivity contribution in [3.63, 3.8) is 0 Å². The van der Waals surface area contributed by atoms with Crippen LogP contribution in [-0.4, -0.2) is 62.5 Å². The molecule has 30 heavy (non-hydrogen) atoms. The van der Waals surface area contributed by atoms with Crippen molar-refractivity contribution >= 4 is 28.7 Å². The molecule has 1 aliphatic rings. The number of aromatic amines is 1. The van der Waals surface area contributed by atoms with Crippen molar-refractivity contribution in [2.75, 3.05) is 43.0 Å². The second kappa shape index (κ2) is 8.49. The molecule has 0 aromatic carbocycles. The number of nitrogens with zero attached hydrogens (tertiary/aromatic N) is 5. The van der Waals surface area contributed by atoms with Crippen LogP contribution >= 0.6 is 11.8 Å². The van der Waals surface area contributed by atoms with Crippen LogP contribution < -0.4 is 5.32 Å². The Morgan fingerprint density at radius 2 is 2.03 bits per heavy atom. The molecular weight excluding hydrogens is 415 g/mol. The zero-order valence-electron chi connectivity index (χ0n) is 15.8. The van der Waals surface area contributed by atoms with E-state index in [0.29, 0.717) is 18.1 Å². The molecule has 0 spiro atoms. The summed E-state index contributed by atoms with van der Waals surface area (Å²) in [6, 6.07) is 3.02. The van der Waals surface area contributed by atoms with Crippen molar-refractivity contribution < 1.29 is 13.2 Å².